The Hall–Kier alpha value is -2.53. The van der Waals surface area contributed by atoms with Crippen molar-refractivity contribution in [1.29, 1.82) is 0 Å². The highest BCUT2D eigenvalue weighted by molar-refractivity contribution is 5.89. The van der Waals surface area contributed by atoms with Gasteiger partial charge in [0.15, 0.2) is 0 Å². The third kappa shape index (κ3) is 5.73. The number of piperidine rings is 1. The Bertz CT molecular complexity index is 798. The first-order valence-corrected chi connectivity index (χ1v) is 10.0. The maximum Gasteiger partial charge on any atom is 0.319 e. The molecule has 0 saturated carbocycles. The van der Waals surface area contributed by atoms with Crippen LogP contribution in [-0.2, 0) is 6.54 Å². The third-order valence-corrected chi connectivity index (χ3v) is 5.48. The van der Waals surface area contributed by atoms with E-state index in [1.807, 2.05) is 24.3 Å². The van der Waals surface area contributed by atoms with Gasteiger partial charge in [0.25, 0.3) is 0 Å². The van der Waals surface area contributed by atoms with Crippen LogP contribution in [0, 0.1) is 19.8 Å². The number of hydrogen-bond donors (Lipinski definition) is 2. The molecule has 0 radical (unpaired) electrons. The molecule has 1 aliphatic rings. The van der Waals surface area contributed by atoms with E-state index in [2.05, 4.69) is 47.6 Å². The van der Waals surface area contributed by atoms with Gasteiger partial charge in [-0.1, -0.05) is 29.8 Å². The molecule has 0 unspecified atom stereocenters. The summed E-state index contributed by atoms with van der Waals surface area (Å²) >= 11 is 0. The molecule has 1 saturated heterocycles. The standard InChI is InChI=1S/C23H31N3O2/c1-17-7-8-18(2)20(13-17)16-26-11-9-19(10-12-26)15-24-23(27)25-21-5-4-6-22(14-21)28-3/h4-8,13-14,19H,9-12,15-16H2,1-3H3,(H2,24,25,27). The number of methoxy groups -OCH3 is 1. The minimum absolute atomic E-state index is 0.161. The van der Waals surface area contributed by atoms with Crippen molar-refractivity contribution in [3.63, 3.8) is 0 Å². The fraction of sp³-hybridized carbons (Fsp3) is 0.435. The average molecular weight is 382 g/mol. The molecule has 5 nitrogen and oxygen atoms in total. The molecule has 0 aliphatic carbocycles. The largest absolute Gasteiger partial charge is 0.497 e. The second-order valence-corrected chi connectivity index (χ2v) is 7.72. The number of aryl methyl sites for hydroxylation is 2. The van der Waals surface area contributed by atoms with Crippen LogP contribution in [0.25, 0.3) is 0 Å². The molecule has 0 spiro atoms. The topological polar surface area (TPSA) is 53.6 Å². The van der Waals surface area contributed by atoms with Crippen molar-refractivity contribution >= 4 is 11.7 Å². The van der Waals surface area contributed by atoms with E-state index in [1.54, 1.807) is 7.11 Å². The van der Waals surface area contributed by atoms with E-state index in [9.17, 15) is 4.79 Å². The quantitative estimate of drug-likeness (QED) is 0.782. The number of carbonyl (C=O) groups excluding carboxylic acids is 1. The summed E-state index contributed by atoms with van der Waals surface area (Å²) in [4.78, 5) is 14.7. The van der Waals surface area contributed by atoms with Crippen LogP contribution >= 0.6 is 0 Å². The smallest absolute Gasteiger partial charge is 0.319 e. The number of anilines is 1. The summed E-state index contributed by atoms with van der Waals surface area (Å²) in [6.07, 6.45) is 2.23. The number of nitrogens with zero attached hydrogens (tertiary/aromatic N) is 1. The first kappa shape index (κ1) is 20.2. The molecule has 2 aromatic carbocycles. The average Bonchev–Trinajstić information content (AvgIpc) is 2.70. The van der Waals surface area contributed by atoms with Crippen LogP contribution in [0.2, 0.25) is 0 Å². The summed E-state index contributed by atoms with van der Waals surface area (Å²) in [7, 11) is 1.62. The van der Waals surface area contributed by atoms with Crippen molar-refractivity contribution in [2.75, 3.05) is 32.1 Å². The number of urea groups is 1. The first-order chi connectivity index (χ1) is 13.5. The molecule has 0 bridgehead atoms. The zero-order valence-electron chi connectivity index (χ0n) is 17.1. The Kier molecular flexibility index (Phi) is 6.93. The van der Waals surface area contributed by atoms with Crippen LogP contribution in [-0.4, -0.2) is 37.7 Å². The molecule has 0 aromatic heterocycles. The Labute approximate surface area is 168 Å². The highest BCUT2D eigenvalue weighted by Gasteiger charge is 2.20. The lowest BCUT2D eigenvalue weighted by Crippen LogP contribution is -2.39. The van der Waals surface area contributed by atoms with Crippen molar-refractivity contribution in [3.8, 4) is 5.75 Å². The lowest BCUT2D eigenvalue weighted by atomic mass is 9.96. The fourth-order valence-corrected chi connectivity index (χ4v) is 3.67. The molecule has 28 heavy (non-hydrogen) atoms. The molecule has 5 heteroatoms. The van der Waals surface area contributed by atoms with Gasteiger partial charge in [-0.15, -0.1) is 0 Å². The fourth-order valence-electron chi connectivity index (χ4n) is 3.67. The molecule has 1 heterocycles. The molecule has 1 aliphatic heterocycles. The third-order valence-electron chi connectivity index (χ3n) is 5.48. The van der Waals surface area contributed by atoms with Crippen LogP contribution in [0.15, 0.2) is 42.5 Å². The van der Waals surface area contributed by atoms with E-state index in [-0.39, 0.29) is 6.03 Å². The number of rotatable bonds is 6. The Balaban J connectivity index is 1.40. The Morgan fingerprint density at radius 1 is 1.14 bits per heavy atom. The summed E-state index contributed by atoms with van der Waals surface area (Å²) in [5.74, 6) is 1.26. The molecule has 1 fully saturated rings. The number of likely N-dealkylation sites (tertiary alicyclic amines) is 1. The van der Waals surface area contributed by atoms with Gasteiger partial charge in [0.2, 0.25) is 0 Å². The number of nitrogens with one attached hydrogen (secondary N) is 2. The molecule has 2 N–H and O–H groups in total. The zero-order chi connectivity index (χ0) is 19.9. The molecular formula is C23H31N3O2. The number of amides is 2. The summed E-state index contributed by atoms with van der Waals surface area (Å²) in [5, 5.41) is 5.88. The molecule has 3 rings (SSSR count). The number of benzene rings is 2. The van der Waals surface area contributed by atoms with Crippen molar-refractivity contribution < 1.29 is 9.53 Å². The molecular weight excluding hydrogens is 350 g/mol. The predicted octanol–water partition coefficient (Wildman–Crippen LogP) is 4.35. The summed E-state index contributed by atoms with van der Waals surface area (Å²) in [6.45, 7) is 8.23. The molecule has 2 aromatic rings. The van der Waals surface area contributed by atoms with E-state index < -0.39 is 0 Å². The number of hydrogen-bond acceptors (Lipinski definition) is 3. The maximum absolute atomic E-state index is 12.2. The van der Waals surface area contributed by atoms with Gasteiger partial charge in [0.05, 0.1) is 7.11 Å². The molecule has 150 valence electrons. The van der Waals surface area contributed by atoms with Crippen molar-refractivity contribution in [3.05, 3.63) is 59.2 Å². The van der Waals surface area contributed by atoms with Crippen molar-refractivity contribution in [2.24, 2.45) is 5.92 Å². The zero-order valence-corrected chi connectivity index (χ0v) is 17.1. The number of ether oxygens (including phenoxy) is 1. The minimum Gasteiger partial charge on any atom is -0.497 e. The van der Waals surface area contributed by atoms with Gasteiger partial charge in [0.1, 0.15) is 5.75 Å². The monoisotopic (exact) mass is 381 g/mol. The van der Waals surface area contributed by atoms with Crippen molar-refractivity contribution in [1.82, 2.24) is 10.2 Å². The summed E-state index contributed by atoms with van der Waals surface area (Å²) in [5.41, 5.74) is 4.85. The lowest BCUT2D eigenvalue weighted by Gasteiger charge is -2.32. The minimum atomic E-state index is -0.161. The molecule has 0 atom stereocenters. The predicted molar refractivity (Wildman–Crippen MR) is 114 cm³/mol. The van der Waals surface area contributed by atoms with E-state index in [4.69, 9.17) is 4.74 Å². The van der Waals surface area contributed by atoms with Crippen LogP contribution in [0.1, 0.15) is 29.5 Å². The van der Waals surface area contributed by atoms with Gasteiger partial charge < -0.3 is 15.4 Å². The highest BCUT2D eigenvalue weighted by atomic mass is 16.5. The van der Waals surface area contributed by atoms with Gasteiger partial charge in [-0.05, 0) is 69.0 Å². The SMILES string of the molecule is COc1cccc(NC(=O)NCC2CCN(Cc3cc(C)ccc3C)CC2)c1. The first-order valence-electron chi connectivity index (χ1n) is 10.0. The van der Waals surface area contributed by atoms with E-state index >= 15 is 0 Å². The number of carbonyl (C=O) groups is 1. The van der Waals surface area contributed by atoms with Gasteiger partial charge in [-0.3, -0.25) is 4.90 Å². The highest BCUT2D eigenvalue weighted by Crippen LogP contribution is 2.21. The second-order valence-electron chi connectivity index (χ2n) is 7.72. The van der Waals surface area contributed by atoms with Gasteiger partial charge in [-0.2, -0.15) is 0 Å². The van der Waals surface area contributed by atoms with E-state index in [1.165, 1.54) is 16.7 Å². The van der Waals surface area contributed by atoms with Crippen LogP contribution in [0.4, 0.5) is 10.5 Å². The Morgan fingerprint density at radius 3 is 2.68 bits per heavy atom. The lowest BCUT2D eigenvalue weighted by molar-refractivity contribution is 0.175. The van der Waals surface area contributed by atoms with Gasteiger partial charge in [0, 0.05) is 24.8 Å². The maximum atomic E-state index is 12.2. The Morgan fingerprint density at radius 2 is 1.93 bits per heavy atom. The summed E-state index contributed by atoms with van der Waals surface area (Å²) in [6, 6.07) is 13.9. The van der Waals surface area contributed by atoms with Gasteiger partial charge >= 0.3 is 6.03 Å². The molecule has 2 amide bonds. The van der Waals surface area contributed by atoms with Crippen LogP contribution in [0.5, 0.6) is 5.75 Å². The van der Waals surface area contributed by atoms with E-state index in [0.29, 0.717) is 12.5 Å². The summed E-state index contributed by atoms with van der Waals surface area (Å²) < 4.78 is 5.18. The van der Waals surface area contributed by atoms with Crippen LogP contribution < -0.4 is 15.4 Å². The second kappa shape index (κ2) is 9.60. The van der Waals surface area contributed by atoms with Gasteiger partial charge in [-0.25, -0.2) is 4.79 Å². The van der Waals surface area contributed by atoms with Crippen LogP contribution in [0.3, 0.4) is 0 Å². The van der Waals surface area contributed by atoms with E-state index in [0.717, 1.165) is 43.9 Å². The van der Waals surface area contributed by atoms with Crippen molar-refractivity contribution in [2.45, 2.75) is 33.2 Å². The normalized spacial score (nSPS) is 15.2.